The molecule has 0 saturated carbocycles. The molecule has 0 saturated heterocycles. The maximum Gasteiger partial charge on any atom is 0.323 e. The van der Waals surface area contributed by atoms with E-state index in [1.54, 1.807) is 24.3 Å². The number of rotatable bonds is 3. The van der Waals surface area contributed by atoms with Gasteiger partial charge >= 0.3 is 5.69 Å². The van der Waals surface area contributed by atoms with Crippen LogP contribution in [0.3, 0.4) is 0 Å². The number of hydrogen-bond acceptors (Lipinski definition) is 5. The van der Waals surface area contributed by atoms with Gasteiger partial charge in [0.1, 0.15) is 12.4 Å². The summed E-state index contributed by atoms with van der Waals surface area (Å²) < 4.78 is 33.4. The SMILES string of the molecule is CN1CCOc2ccc(NS(=O)(=O)c3ccc4[nH]c(=O)[nH]c4c3)cc21. The Kier molecular flexibility index (Phi) is 3.46. The molecular formula is C16H16N4O4S. The van der Waals surface area contributed by atoms with Crippen molar-refractivity contribution >= 4 is 32.4 Å². The molecule has 1 aromatic heterocycles. The summed E-state index contributed by atoms with van der Waals surface area (Å²) in [4.78, 5) is 18.5. The van der Waals surface area contributed by atoms with E-state index in [9.17, 15) is 13.2 Å². The lowest BCUT2D eigenvalue weighted by atomic mass is 10.2. The number of nitrogens with zero attached hydrogens (tertiary/aromatic N) is 1. The highest BCUT2D eigenvalue weighted by atomic mass is 32.2. The van der Waals surface area contributed by atoms with Crippen molar-refractivity contribution in [3.8, 4) is 5.75 Å². The number of benzene rings is 2. The molecule has 0 aliphatic carbocycles. The van der Waals surface area contributed by atoms with E-state index in [4.69, 9.17) is 4.74 Å². The highest BCUT2D eigenvalue weighted by Gasteiger charge is 2.19. The average Bonchev–Trinajstić information content (AvgIpc) is 2.94. The first kappa shape index (κ1) is 15.6. The standard InChI is InChI=1S/C16H16N4O4S/c1-20-6-7-24-15-5-2-10(8-14(15)20)19-25(22,23)11-3-4-12-13(9-11)18-16(21)17-12/h2-5,8-9,19H,6-7H2,1H3,(H2,17,18,21). The number of aromatic nitrogens is 2. The Balaban J connectivity index is 1.68. The van der Waals surface area contributed by atoms with E-state index in [1.807, 2.05) is 11.9 Å². The summed E-state index contributed by atoms with van der Waals surface area (Å²) in [7, 11) is -1.86. The van der Waals surface area contributed by atoms with Gasteiger partial charge in [0.15, 0.2) is 0 Å². The molecule has 25 heavy (non-hydrogen) atoms. The van der Waals surface area contributed by atoms with E-state index in [1.165, 1.54) is 12.1 Å². The van der Waals surface area contributed by atoms with Crippen LogP contribution in [0.2, 0.25) is 0 Å². The van der Waals surface area contributed by atoms with Crippen LogP contribution >= 0.6 is 0 Å². The van der Waals surface area contributed by atoms with E-state index in [-0.39, 0.29) is 10.6 Å². The van der Waals surface area contributed by atoms with Crippen LogP contribution in [0.15, 0.2) is 46.1 Å². The number of ether oxygens (including phenoxy) is 1. The van der Waals surface area contributed by atoms with Crippen LogP contribution in [-0.2, 0) is 10.0 Å². The highest BCUT2D eigenvalue weighted by Crippen LogP contribution is 2.33. The number of aromatic amines is 2. The number of imidazole rings is 1. The van der Waals surface area contributed by atoms with E-state index >= 15 is 0 Å². The molecule has 4 rings (SSSR count). The third-order valence-corrected chi connectivity index (χ3v) is 5.48. The molecule has 0 radical (unpaired) electrons. The Hall–Kier alpha value is -2.94. The Morgan fingerprint density at radius 3 is 2.76 bits per heavy atom. The molecule has 9 heteroatoms. The van der Waals surface area contributed by atoms with Gasteiger partial charge in [-0.2, -0.15) is 0 Å². The molecule has 2 heterocycles. The normalized spacial score (nSPS) is 14.2. The Labute approximate surface area is 143 Å². The van der Waals surface area contributed by atoms with Crippen LogP contribution in [-0.4, -0.2) is 38.6 Å². The van der Waals surface area contributed by atoms with E-state index in [0.717, 1.165) is 18.0 Å². The topological polar surface area (TPSA) is 107 Å². The molecule has 0 atom stereocenters. The van der Waals surface area contributed by atoms with Crippen molar-refractivity contribution in [2.75, 3.05) is 29.8 Å². The van der Waals surface area contributed by atoms with Crippen molar-refractivity contribution in [1.29, 1.82) is 0 Å². The van der Waals surface area contributed by atoms with Gasteiger partial charge in [0.25, 0.3) is 10.0 Å². The van der Waals surface area contributed by atoms with Gasteiger partial charge in [-0.1, -0.05) is 0 Å². The molecule has 0 unspecified atom stereocenters. The van der Waals surface area contributed by atoms with E-state index < -0.39 is 10.0 Å². The fourth-order valence-electron chi connectivity index (χ4n) is 2.81. The minimum absolute atomic E-state index is 0.0672. The molecule has 8 nitrogen and oxygen atoms in total. The molecule has 0 bridgehead atoms. The maximum absolute atomic E-state index is 12.6. The van der Waals surface area contributed by atoms with Crippen LogP contribution in [0.1, 0.15) is 0 Å². The minimum atomic E-state index is -3.78. The second-order valence-electron chi connectivity index (χ2n) is 5.84. The van der Waals surface area contributed by atoms with Gasteiger partial charge in [0, 0.05) is 7.05 Å². The number of H-pyrrole nitrogens is 2. The summed E-state index contributed by atoms with van der Waals surface area (Å²) in [6, 6.07) is 9.56. The predicted octanol–water partition coefficient (Wildman–Crippen LogP) is 1.49. The van der Waals surface area contributed by atoms with Crippen molar-refractivity contribution in [2.45, 2.75) is 4.90 Å². The smallest absolute Gasteiger partial charge is 0.323 e. The van der Waals surface area contributed by atoms with Gasteiger partial charge in [0.05, 0.1) is 33.8 Å². The summed E-state index contributed by atoms with van der Waals surface area (Å²) in [5.74, 6) is 0.725. The van der Waals surface area contributed by atoms with Crippen molar-refractivity contribution in [3.05, 3.63) is 46.9 Å². The second-order valence-corrected chi connectivity index (χ2v) is 7.53. The van der Waals surface area contributed by atoms with Crippen molar-refractivity contribution in [1.82, 2.24) is 9.97 Å². The van der Waals surface area contributed by atoms with Crippen LogP contribution in [0, 0.1) is 0 Å². The molecule has 0 fully saturated rings. The van der Waals surface area contributed by atoms with Crippen molar-refractivity contribution in [3.63, 3.8) is 0 Å². The van der Waals surface area contributed by atoms with Gasteiger partial charge in [-0.15, -0.1) is 0 Å². The van der Waals surface area contributed by atoms with Gasteiger partial charge in [0.2, 0.25) is 0 Å². The minimum Gasteiger partial charge on any atom is -0.490 e. The van der Waals surface area contributed by atoms with Gasteiger partial charge in [-0.3, -0.25) is 4.72 Å². The quantitative estimate of drug-likeness (QED) is 0.656. The molecular weight excluding hydrogens is 344 g/mol. The van der Waals surface area contributed by atoms with Crippen LogP contribution in [0.4, 0.5) is 11.4 Å². The zero-order valence-electron chi connectivity index (χ0n) is 13.4. The molecule has 1 aliphatic rings. The lowest BCUT2D eigenvalue weighted by Gasteiger charge is -2.28. The summed E-state index contributed by atoms with van der Waals surface area (Å²) in [5.41, 5.74) is 1.88. The van der Waals surface area contributed by atoms with Crippen LogP contribution in [0.5, 0.6) is 5.75 Å². The zero-order chi connectivity index (χ0) is 17.6. The first-order chi connectivity index (χ1) is 11.9. The third kappa shape index (κ3) is 2.82. The summed E-state index contributed by atoms with van der Waals surface area (Å²) in [5, 5.41) is 0. The van der Waals surface area contributed by atoms with Crippen LogP contribution < -0.4 is 20.0 Å². The Bertz CT molecular complexity index is 1120. The second kappa shape index (κ2) is 5.55. The molecule has 130 valence electrons. The summed E-state index contributed by atoms with van der Waals surface area (Å²) in [6.07, 6.45) is 0. The lowest BCUT2D eigenvalue weighted by molar-refractivity contribution is 0.311. The number of nitrogens with one attached hydrogen (secondary N) is 3. The molecule has 3 aromatic rings. The van der Waals surface area contributed by atoms with E-state index in [0.29, 0.717) is 23.3 Å². The van der Waals surface area contributed by atoms with Crippen LogP contribution in [0.25, 0.3) is 11.0 Å². The number of anilines is 2. The first-order valence-electron chi connectivity index (χ1n) is 7.65. The summed E-state index contributed by atoms with van der Waals surface area (Å²) in [6.45, 7) is 1.34. The van der Waals surface area contributed by atoms with E-state index in [2.05, 4.69) is 14.7 Å². The molecule has 0 spiro atoms. The number of hydrogen-bond donors (Lipinski definition) is 3. The van der Waals surface area contributed by atoms with Crippen molar-refractivity contribution in [2.24, 2.45) is 0 Å². The Morgan fingerprint density at radius 1 is 1.12 bits per heavy atom. The fraction of sp³-hybridized carbons (Fsp3) is 0.188. The molecule has 0 amide bonds. The predicted molar refractivity (Wildman–Crippen MR) is 94.9 cm³/mol. The highest BCUT2D eigenvalue weighted by molar-refractivity contribution is 7.92. The average molecular weight is 360 g/mol. The molecule has 2 aromatic carbocycles. The maximum atomic E-state index is 12.6. The number of fused-ring (bicyclic) bond motifs is 2. The lowest BCUT2D eigenvalue weighted by Crippen LogP contribution is -2.28. The Morgan fingerprint density at radius 2 is 1.92 bits per heavy atom. The zero-order valence-corrected chi connectivity index (χ0v) is 14.2. The largest absolute Gasteiger partial charge is 0.490 e. The number of likely N-dealkylation sites (N-methyl/N-ethyl adjacent to an activating group) is 1. The van der Waals surface area contributed by atoms with Gasteiger partial charge in [-0.05, 0) is 36.4 Å². The van der Waals surface area contributed by atoms with Crippen molar-refractivity contribution < 1.29 is 13.2 Å². The third-order valence-electron chi connectivity index (χ3n) is 4.10. The monoisotopic (exact) mass is 360 g/mol. The first-order valence-corrected chi connectivity index (χ1v) is 9.13. The number of sulfonamides is 1. The van der Waals surface area contributed by atoms with Gasteiger partial charge < -0.3 is 19.6 Å². The summed E-state index contributed by atoms with van der Waals surface area (Å²) >= 11 is 0. The molecule has 1 aliphatic heterocycles. The van der Waals surface area contributed by atoms with Gasteiger partial charge in [-0.25, -0.2) is 13.2 Å². The molecule has 3 N–H and O–H groups in total. The fourth-order valence-corrected chi connectivity index (χ4v) is 3.88.